The van der Waals surface area contributed by atoms with Gasteiger partial charge in [0.2, 0.25) is 11.7 Å². The highest BCUT2D eigenvalue weighted by Crippen LogP contribution is 2.15. The fraction of sp³-hybridized carbons (Fsp3) is 0.167. The molecule has 0 bridgehead atoms. The van der Waals surface area contributed by atoms with Gasteiger partial charge in [-0.15, -0.1) is 11.3 Å². The molecule has 3 aromatic rings. The van der Waals surface area contributed by atoms with Crippen LogP contribution in [0, 0.1) is 6.92 Å². The minimum absolute atomic E-state index is 0.167. The quantitative estimate of drug-likeness (QED) is 0.790. The Morgan fingerprint density at radius 2 is 2.30 bits per heavy atom. The van der Waals surface area contributed by atoms with Crippen LogP contribution in [0.3, 0.4) is 0 Å². The second-order valence-corrected chi connectivity index (χ2v) is 4.94. The van der Waals surface area contributed by atoms with Gasteiger partial charge in [-0.1, -0.05) is 16.4 Å². The van der Waals surface area contributed by atoms with Gasteiger partial charge in [0.05, 0.1) is 11.4 Å². The van der Waals surface area contributed by atoms with Crippen LogP contribution in [-0.4, -0.2) is 21.2 Å². The predicted octanol–water partition coefficient (Wildman–Crippen LogP) is 2.02. The van der Waals surface area contributed by atoms with Crippen LogP contribution in [0.4, 0.5) is 0 Å². The van der Waals surface area contributed by atoms with E-state index in [2.05, 4.69) is 20.6 Å². The number of nitrogens with zero attached hydrogens (tertiary/aromatic N) is 3. The molecule has 0 radical (unpaired) electrons. The fourth-order valence-corrected chi connectivity index (χ4v) is 2.19. The number of carbonyl (C=O) groups is 1. The second-order valence-electron chi connectivity index (χ2n) is 3.99. The van der Waals surface area contributed by atoms with Crippen LogP contribution in [0.1, 0.15) is 21.3 Å². The molecule has 1 amide bonds. The molecule has 20 heavy (non-hydrogen) atoms. The summed E-state index contributed by atoms with van der Waals surface area (Å²) in [6.07, 6.45) is 0. The molecule has 0 saturated carbocycles. The molecule has 8 heteroatoms. The minimum atomic E-state index is -0.169. The highest BCUT2D eigenvalue weighted by atomic mass is 32.1. The highest BCUT2D eigenvalue weighted by Gasteiger charge is 2.13. The number of rotatable bonds is 4. The third-order valence-electron chi connectivity index (χ3n) is 2.47. The van der Waals surface area contributed by atoms with Crippen LogP contribution in [0.5, 0.6) is 0 Å². The zero-order valence-corrected chi connectivity index (χ0v) is 11.3. The Labute approximate surface area is 117 Å². The van der Waals surface area contributed by atoms with Gasteiger partial charge in [0, 0.05) is 6.07 Å². The lowest BCUT2D eigenvalue weighted by molar-refractivity contribution is 0.0950. The first kappa shape index (κ1) is 12.5. The molecule has 0 aliphatic heterocycles. The molecule has 0 saturated heterocycles. The van der Waals surface area contributed by atoms with E-state index in [9.17, 15) is 4.79 Å². The predicted molar refractivity (Wildman–Crippen MR) is 70.0 cm³/mol. The number of nitrogens with one attached hydrogen (secondary N) is 1. The Morgan fingerprint density at radius 1 is 1.40 bits per heavy atom. The van der Waals surface area contributed by atoms with Gasteiger partial charge in [-0.3, -0.25) is 4.79 Å². The molecule has 0 aliphatic carbocycles. The van der Waals surface area contributed by atoms with E-state index in [1.54, 1.807) is 19.1 Å². The van der Waals surface area contributed by atoms with E-state index in [-0.39, 0.29) is 12.5 Å². The van der Waals surface area contributed by atoms with Gasteiger partial charge in [-0.25, -0.2) is 0 Å². The van der Waals surface area contributed by atoms with E-state index in [1.165, 1.54) is 11.3 Å². The first-order chi connectivity index (χ1) is 9.72. The first-order valence-corrected chi connectivity index (χ1v) is 6.68. The normalized spacial score (nSPS) is 10.7. The van der Waals surface area contributed by atoms with E-state index in [1.807, 2.05) is 11.4 Å². The topological polar surface area (TPSA) is 94.1 Å². The lowest BCUT2D eigenvalue weighted by atomic mass is 10.4. The standard InChI is InChI=1S/C12H10N4O3S/c1-7-5-8(15-18-7)11-14-10(19-16-11)6-13-12(17)9-3-2-4-20-9/h2-5H,6H2,1H3,(H,13,17). The molecule has 3 rings (SSSR count). The van der Waals surface area contributed by atoms with Gasteiger partial charge >= 0.3 is 0 Å². The number of thiophene rings is 1. The summed E-state index contributed by atoms with van der Waals surface area (Å²) in [5.74, 6) is 1.14. The molecule has 0 unspecified atom stereocenters. The van der Waals surface area contributed by atoms with Crippen molar-refractivity contribution >= 4 is 17.2 Å². The highest BCUT2D eigenvalue weighted by molar-refractivity contribution is 7.12. The van der Waals surface area contributed by atoms with Crippen molar-refractivity contribution in [3.63, 3.8) is 0 Å². The Kier molecular flexibility index (Phi) is 3.30. The van der Waals surface area contributed by atoms with Gasteiger partial charge in [-0.05, 0) is 18.4 Å². The molecular formula is C12H10N4O3S. The van der Waals surface area contributed by atoms with Gasteiger partial charge in [0.15, 0.2) is 5.69 Å². The SMILES string of the molecule is Cc1cc(-c2noc(CNC(=O)c3cccs3)n2)no1. The lowest BCUT2D eigenvalue weighted by Gasteiger charge is -1.98. The zero-order valence-electron chi connectivity index (χ0n) is 10.5. The maximum absolute atomic E-state index is 11.7. The van der Waals surface area contributed by atoms with Crippen LogP contribution < -0.4 is 5.32 Å². The molecule has 102 valence electrons. The average Bonchev–Trinajstić information content (AvgIpc) is 3.16. The van der Waals surface area contributed by atoms with Crippen LogP contribution in [-0.2, 0) is 6.54 Å². The number of amides is 1. The summed E-state index contributed by atoms with van der Waals surface area (Å²) < 4.78 is 9.98. The van der Waals surface area contributed by atoms with Crippen molar-refractivity contribution in [2.45, 2.75) is 13.5 Å². The van der Waals surface area contributed by atoms with Gasteiger partial charge in [-0.2, -0.15) is 4.98 Å². The van der Waals surface area contributed by atoms with Crippen molar-refractivity contribution in [3.8, 4) is 11.5 Å². The molecule has 0 fully saturated rings. The second kappa shape index (κ2) is 5.25. The van der Waals surface area contributed by atoms with E-state index in [0.29, 0.717) is 28.0 Å². The number of aromatic nitrogens is 3. The fourth-order valence-electron chi connectivity index (χ4n) is 1.55. The molecule has 0 atom stereocenters. The number of hydrogen-bond donors (Lipinski definition) is 1. The summed E-state index contributed by atoms with van der Waals surface area (Å²) in [4.78, 5) is 16.5. The van der Waals surface area contributed by atoms with Crippen molar-refractivity contribution in [3.05, 3.63) is 40.1 Å². The Hall–Kier alpha value is -2.48. The first-order valence-electron chi connectivity index (χ1n) is 5.80. The van der Waals surface area contributed by atoms with Crippen molar-refractivity contribution in [2.75, 3.05) is 0 Å². The molecule has 7 nitrogen and oxygen atoms in total. The smallest absolute Gasteiger partial charge is 0.261 e. The Bertz CT molecular complexity index is 717. The lowest BCUT2D eigenvalue weighted by Crippen LogP contribution is -2.21. The van der Waals surface area contributed by atoms with Crippen LogP contribution in [0.25, 0.3) is 11.5 Å². The number of hydrogen-bond acceptors (Lipinski definition) is 7. The zero-order chi connectivity index (χ0) is 13.9. The largest absolute Gasteiger partial charge is 0.361 e. The molecule has 0 spiro atoms. The maximum atomic E-state index is 11.7. The van der Waals surface area contributed by atoms with Crippen molar-refractivity contribution in [2.24, 2.45) is 0 Å². The summed E-state index contributed by atoms with van der Waals surface area (Å²) in [6.45, 7) is 1.94. The van der Waals surface area contributed by atoms with Crippen LogP contribution in [0.15, 0.2) is 32.6 Å². The molecular weight excluding hydrogens is 280 g/mol. The molecule has 1 N–H and O–H groups in total. The average molecular weight is 290 g/mol. The Morgan fingerprint density at radius 3 is 3.00 bits per heavy atom. The summed E-state index contributed by atoms with van der Waals surface area (Å²) in [7, 11) is 0. The summed E-state index contributed by atoms with van der Waals surface area (Å²) in [6, 6.07) is 5.27. The van der Waals surface area contributed by atoms with Crippen molar-refractivity contribution < 1.29 is 13.8 Å². The molecule has 0 aliphatic rings. The Balaban J connectivity index is 1.64. The third-order valence-corrected chi connectivity index (χ3v) is 3.34. The summed E-state index contributed by atoms with van der Waals surface area (Å²) in [5.41, 5.74) is 0.502. The van der Waals surface area contributed by atoms with E-state index in [4.69, 9.17) is 9.05 Å². The number of aryl methyl sites for hydroxylation is 1. The van der Waals surface area contributed by atoms with Gasteiger partial charge in [0.1, 0.15) is 5.76 Å². The van der Waals surface area contributed by atoms with E-state index >= 15 is 0 Å². The number of carbonyl (C=O) groups excluding carboxylic acids is 1. The molecule has 0 aromatic carbocycles. The van der Waals surface area contributed by atoms with Crippen LogP contribution in [0.2, 0.25) is 0 Å². The monoisotopic (exact) mass is 290 g/mol. The summed E-state index contributed by atoms with van der Waals surface area (Å²) >= 11 is 1.37. The maximum Gasteiger partial charge on any atom is 0.261 e. The van der Waals surface area contributed by atoms with Crippen molar-refractivity contribution in [1.82, 2.24) is 20.6 Å². The third kappa shape index (κ3) is 2.59. The van der Waals surface area contributed by atoms with Crippen molar-refractivity contribution in [1.29, 1.82) is 0 Å². The van der Waals surface area contributed by atoms with Gasteiger partial charge in [0.25, 0.3) is 5.91 Å². The molecule has 3 heterocycles. The molecule has 3 aromatic heterocycles. The minimum Gasteiger partial charge on any atom is -0.361 e. The van der Waals surface area contributed by atoms with Gasteiger partial charge < -0.3 is 14.4 Å². The van der Waals surface area contributed by atoms with E-state index < -0.39 is 0 Å². The van der Waals surface area contributed by atoms with Crippen LogP contribution >= 0.6 is 11.3 Å². The summed E-state index contributed by atoms with van der Waals surface area (Å²) in [5, 5.41) is 12.1. The van der Waals surface area contributed by atoms with E-state index in [0.717, 1.165) is 0 Å².